The average molecular weight is 308 g/mol. The summed E-state index contributed by atoms with van der Waals surface area (Å²) in [6, 6.07) is 8.12. The lowest BCUT2D eigenvalue weighted by Gasteiger charge is -2.41. The highest BCUT2D eigenvalue weighted by atomic mass is 16.2. The van der Waals surface area contributed by atoms with Crippen LogP contribution in [-0.2, 0) is 20.8 Å². The number of fused-ring (bicyclic) bond motifs is 3. The van der Waals surface area contributed by atoms with Gasteiger partial charge in [0.1, 0.15) is 5.78 Å². The molecule has 1 aromatic rings. The van der Waals surface area contributed by atoms with Crippen molar-refractivity contribution in [3.05, 3.63) is 41.0 Å². The van der Waals surface area contributed by atoms with Gasteiger partial charge in [-0.3, -0.25) is 14.4 Å². The smallest absolute Gasteiger partial charge is 0.169 e. The van der Waals surface area contributed by atoms with Gasteiger partial charge >= 0.3 is 0 Å². The van der Waals surface area contributed by atoms with E-state index < -0.39 is 11.8 Å². The van der Waals surface area contributed by atoms with Crippen molar-refractivity contribution in [3.8, 4) is 0 Å². The molecule has 3 aliphatic rings. The lowest BCUT2D eigenvalue weighted by molar-refractivity contribution is -0.146. The van der Waals surface area contributed by atoms with Crippen molar-refractivity contribution in [1.82, 2.24) is 0 Å². The summed E-state index contributed by atoms with van der Waals surface area (Å²) in [5.74, 6) is -1.17. The topological polar surface area (TPSA) is 51.2 Å². The Kier molecular flexibility index (Phi) is 3.33. The van der Waals surface area contributed by atoms with Crippen molar-refractivity contribution in [2.75, 3.05) is 0 Å². The Morgan fingerprint density at radius 1 is 1.09 bits per heavy atom. The number of carbonyl (C=O) groups excluding carboxylic acids is 3. The van der Waals surface area contributed by atoms with E-state index in [1.54, 1.807) is 0 Å². The van der Waals surface area contributed by atoms with Crippen LogP contribution in [0.1, 0.15) is 37.3 Å². The van der Waals surface area contributed by atoms with Crippen LogP contribution in [0.25, 0.3) is 6.08 Å². The standard InChI is InChI=1S/C20H20O3/c1-2-15-17(21)10-14-8-13-7-11-5-3-4-6-12(11)9-16(13)20(23)18(14)19(15)22/h3-6,9,13-15,18H,2,7-8,10H2,1H3. The molecule has 1 aromatic carbocycles. The van der Waals surface area contributed by atoms with Crippen LogP contribution in [0.2, 0.25) is 0 Å². The molecular formula is C20H20O3. The summed E-state index contributed by atoms with van der Waals surface area (Å²) >= 11 is 0. The van der Waals surface area contributed by atoms with Gasteiger partial charge in [-0.1, -0.05) is 31.2 Å². The Hall–Kier alpha value is -2.03. The number of ketones is 3. The van der Waals surface area contributed by atoms with Crippen molar-refractivity contribution in [2.45, 2.75) is 32.6 Å². The fraction of sp³-hybridized carbons (Fsp3) is 0.450. The summed E-state index contributed by atoms with van der Waals surface area (Å²) in [6.07, 6.45) is 4.51. The van der Waals surface area contributed by atoms with Gasteiger partial charge in [0.05, 0.1) is 11.8 Å². The quantitative estimate of drug-likeness (QED) is 0.749. The normalized spacial score (nSPS) is 32.7. The molecule has 118 valence electrons. The Balaban J connectivity index is 1.73. The molecule has 0 bridgehead atoms. The third kappa shape index (κ3) is 2.13. The Labute approximate surface area is 135 Å². The average Bonchev–Trinajstić information content (AvgIpc) is 2.53. The van der Waals surface area contributed by atoms with Gasteiger partial charge in [0.25, 0.3) is 0 Å². The maximum absolute atomic E-state index is 13.0. The first-order valence-electron chi connectivity index (χ1n) is 8.50. The van der Waals surface area contributed by atoms with E-state index in [9.17, 15) is 14.4 Å². The summed E-state index contributed by atoms with van der Waals surface area (Å²) in [6.45, 7) is 1.85. The summed E-state index contributed by atoms with van der Waals surface area (Å²) in [4.78, 5) is 37.9. The minimum atomic E-state index is -0.578. The van der Waals surface area contributed by atoms with Crippen LogP contribution in [0.5, 0.6) is 0 Å². The molecule has 2 saturated carbocycles. The monoisotopic (exact) mass is 308 g/mol. The van der Waals surface area contributed by atoms with Gasteiger partial charge in [0, 0.05) is 6.42 Å². The first kappa shape index (κ1) is 14.6. The molecule has 3 nitrogen and oxygen atoms in total. The molecule has 4 unspecified atom stereocenters. The molecule has 0 aliphatic heterocycles. The van der Waals surface area contributed by atoms with Crippen LogP contribution >= 0.6 is 0 Å². The van der Waals surface area contributed by atoms with Crippen LogP contribution in [0.4, 0.5) is 0 Å². The molecule has 23 heavy (non-hydrogen) atoms. The van der Waals surface area contributed by atoms with Crippen molar-refractivity contribution in [2.24, 2.45) is 23.7 Å². The number of allylic oxidation sites excluding steroid dienone is 1. The molecule has 0 N–H and O–H groups in total. The SMILES string of the molecule is CCC1C(=O)CC2CC3Cc4ccccc4C=C3C(=O)C2C1=O. The molecule has 4 rings (SSSR count). The molecule has 2 fully saturated rings. The number of rotatable bonds is 1. The molecular weight excluding hydrogens is 288 g/mol. The van der Waals surface area contributed by atoms with Gasteiger partial charge < -0.3 is 0 Å². The van der Waals surface area contributed by atoms with Crippen LogP contribution in [-0.4, -0.2) is 17.3 Å². The highest BCUT2D eigenvalue weighted by Crippen LogP contribution is 2.46. The van der Waals surface area contributed by atoms with Crippen LogP contribution in [0, 0.1) is 23.7 Å². The number of Topliss-reactive ketones (excluding diaryl/α,β-unsaturated/α-hetero) is 3. The first-order valence-corrected chi connectivity index (χ1v) is 8.50. The van der Waals surface area contributed by atoms with Crippen LogP contribution in [0.15, 0.2) is 29.8 Å². The van der Waals surface area contributed by atoms with Gasteiger partial charge in [-0.05, 0) is 53.9 Å². The zero-order valence-corrected chi connectivity index (χ0v) is 13.2. The zero-order chi connectivity index (χ0) is 16.1. The number of hydrogen-bond donors (Lipinski definition) is 0. The molecule has 3 aliphatic carbocycles. The number of benzene rings is 1. The second-order valence-electron chi connectivity index (χ2n) is 7.07. The summed E-state index contributed by atoms with van der Waals surface area (Å²) in [5, 5.41) is 0. The van der Waals surface area contributed by atoms with Crippen molar-refractivity contribution in [1.29, 1.82) is 0 Å². The molecule has 0 aromatic heterocycles. The molecule has 0 radical (unpaired) electrons. The van der Waals surface area contributed by atoms with Gasteiger partial charge in [-0.15, -0.1) is 0 Å². The predicted octanol–water partition coefficient (Wildman–Crippen LogP) is 3.02. The Morgan fingerprint density at radius 3 is 2.65 bits per heavy atom. The lowest BCUT2D eigenvalue weighted by Crippen LogP contribution is -2.49. The van der Waals surface area contributed by atoms with E-state index in [0.29, 0.717) is 12.8 Å². The van der Waals surface area contributed by atoms with Gasteiger partial charge in [-0.25, -0.2) is 0 Å². The molecule has 4 atom stereocenters. The fourth-order valence-corrected chi connectivity index (χ4v) is 4.67. The summed E-state index contributed by atoms with van der Waals surface area (Å²) in [5.41, 5.74) is 3.16. The highest BCUT2D eigenvalue weighted by molar-refractivity contribution is 6.20. The molecule has 0 amide bonds. The number of carbonyl (C=O) groups is 3. The van der Waals surface area contributed by atoms with Crippen molar-refractivity contribution < 1.29 is 14.4 Å². The van der Waals surface area contributed by atoms with Gasteiger partial charge in [0.15, 0.2) is 11.6 Å². The third-order valence-corrected chi connectivity index (χ3v) is 5.81. The molecule has 0 spiro atoms. The predicted molar refractivity (Wildman–Crippen MR) is 86.6 cm³/mol. The first-order chi connectivity index (χ1) is 11.1. The maximum Gasteiger partial charge on any atom is 0.169 e. The molecule has 0 heterocycles. The van der Waals surface area contributed by atoms with Gasteiger partial charge in [0.2, 0.25) is 0 Å². The van der Waals surface area contributed by atoms with E-state index in [2.05, 4.69) is 6.07 Å². The van der Waals surface area contributed by atoms with Crippen molar-refractivity contribution in [3.63, 3.8) is 0 Å². The van der Waals surface area contributed by atoms with E-state index in [0.717, 1.165) is 24.0 Å². The van der Waals surface area contributed by atoms with Gasteiger partial charge in [-0.2, -0.15) is 0 Å². The largest absolute Gasteiger partial charge is 0.299 e. The lowest BCUT2D eigenvalue weighted by atomic mass is 9.59. The maximum atomic E-state index is 13.0. The van der Waals surface area contributed by atoms with E-state index in [1.165, 1.54) is 5.56 Å². The second kappa shape index (κ2) is 5.26. The Morgan fingerprint density at radius 2 is 1.87 bits per heavy atom. The van der Waals surface area contributed by atoms with E-state index in [1.807, 2.05) is 31.2 Å². The fourth-order valence-electron chi connectivity index (χ4n) is 4.67. The third-order valence-electron chi connectivity index (χ3n) is 5.81. The summed E-state index contributed by atoms with van der Waals surface area (Å²) in [7, 11) is 0. The minimum Gasteiger partial charge on any atom is -0.299 e. The van der Waals surface area contributed by atoms with E-state index in [4.69, 9.17) is 0 Å². The number of hydrogen-bond acceptors (Lipinski definition) is 3. The second-order valence-corrected chi connectivity index (χ2v) is 7.07. The molecule has 3 heteroatoms. The summed E-state index contributed by atoms with van der Waals surface area (Å²) < 4.78 is 0. The molecule has 0 saturated heterocycles. The van der Waals surface area contributed by atoms with Crippen molar-refractivity contribution >= 4 is 23.4 Å². The van der Waals surface area contributed by atoms with Crippen LogP contribution < -0.4 is 0 Å². The zero-order valence-electron chi connectivity index (χ0n) is 13.2. The van der Waals surface area contributed by atoms with Crippen LogP contribution in [0.3, 0.4) is 0 Å². The Bertz CT molecular complexity index is 743. The van der Waals surface area contributed by atoms with E-state index >= 15 is 0 Å². The van der Waals surface area contributed by atoms with E-state index in [-0.39, 0.29) is 29.2 Å². The highest BCUT2D eigenvalue weighted by Gasteiger charge is 2.51. The minimum absolute atomic E-state index is 0.0169.